The second-order valence-electron chi connectivity index (χ2n) is 4.37. The van der Waals surface area contributed by atoms with Gasteiger partial charge in [0, 0.05) is 10.7 Å². The summed E-state index contributed by atoms with van der Waals surface area (Å²) >= 11 is 15.8. The largest absolute Gasteiger partial charge is 0.278 e. The van der Waals surface area contributed by atoms with E-state index in [4.69, 9.17) is 23.2 Å². The van der Waals surface area contributed by atoms with Crippen LogP contribution in [0, 0.1) is 0 Å². The molecular weight excluding hydrogens is 361 g/mol. The van der Waals surface area contributed by atoms with E-state index < -0.39 is 0 Å². The number of halogens is 3. The summed E-state index contributed by atoms with van der Waals surface area (Å²) in [5.74, 6) is 0.739. The Labute approximate surface area is 134 Å². The van der Waals surface area contributed by atoms with Crippen molar-refractivity contribution in [3.05, 3.63) is 51.8 Å². The molecule has 2 heterocycles. The third kappa shape index (κ3) is 2.32. The van der Waals surface area contributed by atoms with Crippen LogP contribution in [0.25, 0.3) is 16.9 Å². The number of benzene rings is 1. The molecule has 0 amide bonds. The molecule has 102 valence electrons. The molecule has 0 radical (unpaired) electrons. The van der Waals surface area contributed by atoms with Gasteiger partial charge in [0.25, 0.3) is 0 Å². The van der Waals surface area contributed by atoms with Crippen molar-refractivity contribution in [2.45, 2.75) is 12.3 Å². The lowest BCUT2D eigenvalue weighted by Gasteiger charge is -2.11. The number of aromatic nitrogens is 3. The molecule has 0 aliphatic heterocycles. The van der Waals surface area contributed by atoms with E-state index in [1.165, 1.54) is 0 Å². The summed E-state index contributed by atoms with van der Waals surface area (Å²) in [4.78, 5) is 8.94. The lowest BCUT2D eigenvalue weighted by molar-refractivity contribution is 0.874. The van der Waals surface area contributed by atoms with Crippen LogP contribution in [0.15, 0.2) is 41.0 Å². The maximum absolute atomic E-state index is 6.26. The zero-order chi connectivity index (χ0) is 14.3. The van der Waals surface area contributed by atoms with Crippen molar-refractivity contribution >= 4 is 50.3 Å². The summed E-state index contributed by atoms with van der Waals surface area (Å²) in [6, 6.07) is 9.68. The standard InChI is InChI=1S/C14H10BrCl2N3/c1-8(16)13-19-11-6-9(17)7-18-14(11)20(13)12-5-3-2-4-10(12)15/h2-8H,1H3. The van der Waals surface area contributed by atoms with Crippen molar-refractivity contribution in [3.63, 3.8) is 0 Å². The predicted octanol–water partition coefficient (Wildman–Crippen LogP) is 5.14. The van der Waals surface area contributed by atoms with Gasteiger partial charge in [-0.05, 0) is 41.1 Å². The highest BCUT2D eigenvalue weighted by atomic mass is 79.9. The average Bonchev–Trinajstić information content (AvgIpc) is 2.78. The van der Waals surface area contributed by atoms with Gasteiger partial charge in [-0.2, -0.15) is 0 Å². The molecule has 0 aliphatic carbocycles. The third-order valence-corrected chi connectivity index (χ3v) is 4.01. The molecule has 0 spiro atoms. The molecule has 20 heavy (non-hydrogen) atoms. The number of alkyl halides is 1. The Morgan fingerprint density at radius 2 is 2.05 bits per heavy atom. The van der Waals surface area contributed by atoms with Crippen LogP contribution in [0.1, 0.15) is 18.1 Å². The normalized spacial score (nSPS) is 12.8. The molecular formula is C14H10BrCl2N3. The van der Waals surface area contributed by atoms with Gasteiger partial charge in [0.15, 0.2) is 5.65 Å². The highest BCUT2D eigenvalue weighted by molar-refractivity contribution is 9.10. The van der Waals surface area contributed by atoms with Gasteiger partial charge < -0.3 is 0 Å². The topological polar surface area (TPSA) is 30.7 Å². The lowest BCUT2D eigenvalue weighted by Crippen LogP contribution is -2.03. The Bertz CT molecular complexity index is 783. The molecule has 3 aromatic rings. The Balaban J connectivity index is 2.38. The van der Waals surface area contributed by atoms with Crippen LogP contribution >= 0.6 is 39.1 Å². The average molecular weight is 371 g/mol. The molecule has 3 nitrogen and oxygen atoms in total. The molecule has 0 bridgehead atoms. The van der Waals surface area contributed by atoms with E-state index in [1.54, 1.807) is 12.3 Å². The van der Waals surface area contributed by atoms with Crippen molar-refractivity contribution in [1.29, 1.82) is 0 Å². The summed E-state index contributed by atoms with van der Waals surface area (Å²) in [6.07, 6.45) is 1.61. The Morgan fingerprint density at radius 1 is 1.30 bits per heavy atom. The molecule has 1 aromatic carbocycles. The molecule has 0 saturated carbocycles. The van der Waals surface area contributed by atoms with Crippen LogP contribution in [0.4, 0.5) is 0 Å². The molecule has 0 fully saturated rings. The fraction of sp³-hybridized carbons (Fsp3) is 0.143. The highest BCUT2D eigenvalue weighted by Crippen LogP contribution is 2.31. The first-order valence-corrected chi connectivity index (χ1v) is 7.61. The first kappa shape index (κ1) is 13.9. The van der Waals surface area contributed by atoms with Crippen LogP contribution in [0.3, 0.4) is 0 Å². The Morgan fingerprint density at radius 3 is 2.75 bits per heavy atom. The summed E-state index contributed by atoms with van der Waals surface area (Å²) < 4.78 is 2.91. The molecule has 6 heteroatoms. The van der Waals surface area contributed by atoms with Crippen molar-refractivity contribution < 1.29 is 0 Å². The Kier molecular flexibility index (Phi) is 3.71. The summed E-state index contributed by atoms with van der Waals surface area (Å²) in [7, 11) is 0. The van der Waals surface area contributed by atoms with E-state index in [1.807, 2.05) is 35.8 Å². The van der Waals surface area contributed by atoms with E-state index >= 15 is 0 Å². The number of pyridine rings is 1. The molecule has 2 aromatic heterocycles. The predicted molar refractivity (Wildman–Crippen MR) is 85.8 cm³/mol. The molecule has 3 rings (SSSR count). The summed E-state index contributed by atoms with van der Waals surface area (Å²) in [6.45, 7) is 1.89. The summed E-state index contributed by atoms with van der Waals surface area (Å²) in [5.41, 5.74) is 2.42. The van der Waals surface area contributed by atoms with E-state index in [0.29, 0.717) is 5.02 Å². The molecule has 1 atom stereocenters. The van der Waals surface area contributed by atoms with E-state index in [-0.39, 0.29) is 5.38 Å². The van der Waals surface area contributed by atoms with Crippen molar-refractivity contribution in [2.75, 3.05) is 0 Å². The van der Waals surface area contributed by atoms with E-state index in [2.05, 4.69) is 25.9 Å². The fourth-order valence-electron chi connectivity index (χ4n) is 2.10. The number of rotatable bonds is 2. The zero-order valence-electron chi connectivity index (χ0n) is 10.5. The quantitative estimate of drug-likeness (QED) is 0.585. The number of fused-ring (bicyclic) bond motifs is 1. The SMILES string of the molecule is CC(Cl)c1nc2cc(Cl)cnc2n1-c1ccccc1Br. The Hall–Kier alpha value is -1.10. The first-order chi connectivity index (χ1) is 9.58. The summed E-state index contributed by atoms with van der Waals surface area (Å²) in [5, 5.41) is 0.318. The van der Waals surface area contributed by atoms with Crippen LogP contribution in [-0.4, -0.2) is 14.5 Å². The van der Waals surface area contributed by atoms with Gasteiger partial charge in [0.05, 0.1) is 16.1 Å². The molecule has 0 aliphatic rings. The molecule has 0 saturated heterocycles. The number of para-hydroxylation sites is 1. The number of imidazole rings is 1. The maximum atomic E-state index is 6.26. The molecule has 0 N–H and O–H groups in total. The van der Waals surface area contributed by atoms with Gasteiger partial charge in [-0.25, -0.2) is 9.97 Å². The smallest absolute Gasteiger partial charge is 0.164 e. The lowest BCUT2D eigenvalue weighted by atomic mass is 10.3. The van der Waals surface area contributed by atoms with Crippen LogP contribution in [-0.2, 0) is 0 Å². The number of hydrogen-bond donors (Lipinski definition) is 0. The van der Waals surface area contributed by atoms with Crippen molar-refractivity contribution in [2.24, 2.45) is 0 Å². The minimum atomic E-state index is -0.241. The number of nitrogens with zero attached hydrogens (tertiary/aromatic N) is 3. The number of hydrogen-bond acceptors (Lipinski definition) is 2. The van der Waals surface area contributed by atoms with Gasteiger partial charge in [-0.3, -0.25) is 4.57 Å². The zero-order valence-corrected chi connectivity index (χ0v) is 13.6. The van der Waals surface area contributed by atoms with Crippen LogP contribution in [0.5, 0.6) is 0 Å². The van der Waals surface area contributed by atoms with Crippen molar-refractivity contribution in [1.82, 2.24) is 14.5 Å². The van der Waals surface area contributed by atoms with Crippen molar-refractivity contribution in [3.8, 4) is 5.69 Å². The maximum Gasteiger partial charge on any atom is 0.164 e. The molecule has 1 unspecified atom stereocenters. The van der Waals surface area contributed by atoms with Crippen LogP contribution < -0.4 is 0 Å². The monoisotopic (exact) mass is 369 g/mol. The fourth-order valence-corrected chi connectivity index (χ4v) is 2.86. The second-order valence-corrected chi connectivity index (χ2v) is 6.31. The van der Waals surface area contributed by atoms with Gasteiger partial charge in [0.1, 0.15) is 11.3 Å². The third-order valence-electron chi connectivity index (χ3n) is 2.94. The minimum Gasteiger partial charge on any atom is -0.278 e. The van der Waals surface area contributed by atoms with Gasteiger partial charge >= 0.3 is 0 Å². The second kappa shape index (κ2) is 5.35. The van der Waals surface area contributed by atoms with E-state index in [9.17, 15) is 0 Å². The van der Waals surface area contributed by atoms with Gasteiger partial charge in [-0.1, -0.05) is 23.7 Å². The van der Waals surface area contributed by atoms with Gasteiger partial charge in [-0.15, -0.1) is 11.6 Å². The first-order valence-electron chi connectivity index (χ1n) is 6.01. The van der Waals surface area contributed by atoms with Crippen LogP contribution in [0.2, 0.25) is 5.02 Å². The van der Waals surface area contributed by atoms with Gasteiger partial charge in [0.2, 0.25) is 0 Å². The highest BCUT2D eigenvalue weighted by Gasteiger charge is 2.18. The minimum absolute atomic E-state index is 0.241. The van der Waals surface area contributed by atoms with E-state index in [0.717, 1.165) is 27.1 Å².